The van der Waals surface area contributed by atoms with Gasteiger partial charge in [0.15, 0.2) is 0 Å². The van der Waals surface area contributed by atoms with Gasteiger partial charge in [-0.3, -0.25) is 4.79 Å². The summed E-state index contributed by atoms with van der Waals surface area (Å²) in [6.07, 6.45) is -4.64. The molecule has 0 unspecified atom stereocenters. The van der Waals surface area contributed by atoms with Gasteiger partial charge in [0.25, 0.3) is 5.91 Å². The fourth-order valence-electron chi connectivity index (χ4n) is 1.57. The standard InChI is InChI=1S/C12H6Cl2F3N3O/c13-8-5-9(20-11(14)18-8)19-10(21)6-3-1-2-4-7(6)12(15,16)17/h1-5H,(H,18,19,20,21). The number of alkyl halides is 3. The molecule has 0 bridgehead atoms. The number of hydrogen-bond donors (Lipinski definition) is 1. The van der Waals surface area contributed by atoms with Crippen LogP contribution in [0.4, 0.5) is 19.0 Å². The molecule has 0 saturated heterocycles. The second-order valence-electron chi connectivity index (χ2n) is 3.84. The molecular weight excluding hydrogens is 330 g/mol. The van der Waals surface area contributed by atoms with Gasteiger partial charge in [-0.25, -0.2) is 9.97 Å². The molecule has 0 spiro atoms. The zero-order valence-electron chi connectivity index (χ0n) is 10.1. The van der Waals surface area contributed by atoms with Crippen LogP contribution < -0.4 is 5.32 Å². The van der Waals surface area contributed by atoms with Gasteiger partial charge in [0, 0.05) is 6.07 Å². The molecule has 1 aromatic heterocycles. The fourth-order valence-corrected chi connectivity index (χ4v) is 1.97. The minimum Gasteiger partial charge on any atom is -0.306 e. The Hall–Kier alpha value is -1.86. The van der Waals surface area contributed by atoms with E-state index in [1.165, 1.54) is 18.2 Å². The number of hydrogen-bond acceptors (Lipinski definition) is 3. The van der Waals surface area contributed by atoms with E-state index in [1.54, 1.807) is 0 Å². The quantitative estimate of drug-likeness (QED) is 0.665. The Kier molecular flexibility index (Phi) is 4.34. The molecule has 0 fully saturated rings. The summed E-state index contributed by atoms with van der Waals surface area (Å²) in [6, 6.07) is 5.56. The third-order valence-corrected chi connectivity index (χ3v) is 2.75. The summed E-state index contributed by atoms with van der Waals surface area (Å²) in [5.74, 6) is -1.07. The van der Waals surface area contributed by atoms with Crippen LogP contribution in [0.25, 0.3) is 0 Å². The number of aromatic nitrogens is 2. The SMILES string of the molecule is O=C(Nc1cc(Cl)nc(Cl)n1)c1ccccc1C(F)(F)F. The van der Waals surface area contributed by atoms with E-state index in [0.717, 1.165) is 12.1 Å². The van der Waals surface area contributed by atoms with E-state index in [0.29, 0.717) is 0 Å². The van der Waals surface area contributed by atoms with Gasteiger partial charge in [-0.05, 0) is 23.7 Å². The maximum absolute atomic E-state index is 12.8. The average Bonchev–Trinajstić information content (AvgIpc) is 2.36. The van der Waals surface area contributed by atoms with E-state index in [4.69, 9.17) is 23.2 Å². The van der Waals surface area contributed by atoms with Gasteiger partial charge in [-0.2, -0.15) is 13.2 Å². The van der Waals surface area contributed by atoms with Crippen LogP contribution in [0.5, 0.6) is 0 Å². The molecule has 0 aliphatic heterocycles. The molecule has 1 aromatic carbocycles. The summed E-state index contributed by atoms with van der Waals surface area (Å²) >= 11 is 11.2. The first-order valence-corrected chi connectivity index (χ1v) is 6.20. The Bertz CT molecular complexity index is 671. The third-order valence-electron chi connectivity index (χ3n) is 2.39. The zero-order chi connectivity index (χ0) is 15.6. The van der Waals surface area contributed by atoms with Crippen molar-refractivity contribution in [2.75, 3.05) is 5.32 Å². The zero-order valence-corrected chi connectivity index (χ0v) is 11.6. The highest BCUT2D eigenvalue weighted by Gasteiger charge is 2.34. The molecule has 0 aliphatic rings. The summed E-state index contributed by atoms with van der Waals surface area (Å²) in [4.78, 5) is 19.2. The third kappa shape index (κ3) is 3.83. The van der Waals surface area contributed by atoms with Gasteiger partial charge in [0.1, 0.15) is 11.0 Å². The molecule has 2 aromatic rings. The highest BCUT2D eigenvalue weighted by atomic mass is 35.5. The molecule has 110 valence electrons. The Morgan fingerprint density at radius 1 is 1.14 bits per heavy atom. The first kappa shape index (κ1) is 15.5. The van der Waals surface area contributed by atoms with Crippen molar-refractivity contribution in [1.82, 2.24) is 9.97 Å². The van der Waals surface area contributed by atoms with Crippen LogP contribution in [-0.4, -0.2) is 15.9 Å². The molecule has 9 heteroatoms. The van der Waals surface area contributed by atoms with Crippen molar-refractivity contribution in [2.24, 2.45) is 0 Å². The Morgan fingerprint density at radius 3 is 2.43 bits per heavy atom. The van der Waals surface area contributed by atoms with Crippen molar-refractivity contribution in [2.45, 2.75) is 6.18 Å². The van der Waals surface area contributed by atoms with E-state index >= 15 is 0 Å². The van der Waals surface area contributed by atoms with Crippen molar-refractivity contribution in [3.8, 4) is 0 Å². The second kappa shape index (κ2) is 5.87. The topological polar surface area (TPSA) is 54.9 Å². The highest BCUT2D eigenvalue weighted by Crippen LogP contribution is 2.32. The normalized spacial score (nSPS) is 11.3. The lowest BCUT2D eigenvalue weighted by Crippen LogP contribution is -2.19. The van der Waals surface area contributed by atoms with Crippen LogP contribution in [0.1, 0.15) is 15.9 Å². The number of carbonyl (C=O) groups is 1. The minimum absolute atomic E-state index is 0.0468. The molecule has 0 aliphatic carbocycles. The molecule has 0 saturated carbocycles. The predicted octanol–water partition coefficient (Wildman–Crippen LogP) is 4.05. The number of nitrogens with zero attached hydrogens (tertiary/aromatic N) is 2. The maximum Gasteiger partial charge on any atom is 0.417 e. The summed E-state index contributed by atoms with van der Waals surface area (Å²) in [7, 11) is 0. The molecule has 21 heavy (non-hydrogen) atoms. The Morgan fingerprint density at radius 2 is 1.81 bits per heavy atom. The van der Waals surface area contributed by atoms with Gasteiger partial charge in [0.05, 0.1) is 11.1 Å². The summed E-state index contributed by atoms with van der Waals surface area (Å²) in [6.45, 7) is 0. The van der Waals surface area contributed by atoms with Crippen LogP contribution in [0, 0.1) is 0 Å². The summed E-state index contributed by atoms with van der Waals surface area (Å²) in [5.41, 5.74) is -1.58. The predicted molar refractivity (Wildman–Crippen MR) is 71.4 cm³/mol. The van der Waals surface area contributed by atoms with Crippen LogP contribution >= 0.6 is 23.2 Å². The van der Waals surface area contributed by atoms with Crippen molar-refractivity contribution in [3.63, 3.8) is 0 Å². The molecule has 1 N–H and O–H groups in total. The van der Waals surface area contributed by atoms with Crippen LogP contribution in [-0.2, 0) is 6.18 Å². The van der Waals surface area contributed by atoms with E-state index in [1.807, 2.05) is 0 Å². The number of nitrogens with one attached hydrogen (secondary N) is 1. The minimum atomic E-state index is -4.64. The number of amides is 1. The second-order valence-corrected chi connectivity index (χ2v) is 4.57. The van der Waals surface area contributed by atoms with E-state index in [-0.39, 0.29) is 16.3 Å². The van der Waals surface area contributed by atoms with E-state index in [2.05, 4.69) is 15.3 Å². The monoisotopic (exact) mass is 335 g/mol. The summed E-state index contributed by atoms with van der Waals surface area (Å²) < 4.78 is 38.5. The van der Waals surface area contributed by atoms with Crippen molar-refractivity contribution >= 4 is 34.9 Å². The first-order valence-electron chi connectivity index (χ1n) is 5.45. The average molecular weight is 336 g/mol. The molecule has 0 radical (unpaired) electrons. The Labute approximate surface area is 126 Å². The molecule has 1 amide bonds. The van der Waals surface area contributed by atoms with Gasteiger partial charge in [-0.1, -0.05) is 23.7 Å². The summed E-state index contributed by atoms with van der Waals surface area (Å²) in [5, 5.41) is 1.91. The van der Waals surface area contributed by atoms with Crippen molar-refractivity contribution < 1.29 is 18.0 Å². The lowest BCUT2D eigenvalue weighted by Gasteiger charge is -2.12. The number of halogens is 5. The molecular formula is C12H6Cl2F3N3O. The van der Waals surface area contributed by atoms with E-state index in [9.17, 15) is 18.0 Å². The lowest BCUT2D eigenvalue weighted by molar-refractivity contribution is -0.137. The Balaban J connectivity index is 2.33. The largest absolute Gasteiger partial charge is 0.417 e. The number of rotatable bonds is 2. The van der Waals surface area contributed by atoms with Gasteiger partial charge >= 0.3 is 6.18 Å². The van der Waals surface area contributed by atoms with Crippen LogP contribution in [0.15, 0.2) is 30.3 Å². The van der Waals surface area contributed by atoms with Crippen LogP contribution in [0.2, 0.25) is 10.4 Å². The molecule has 0 atom stereocenters. The molecule has 1 heterocycles. The van der Waals surface area contributed by atoms with Gasteiger partial charge in [-0.15, -0.1) is 0 Å². The van der Waals surface area contributed by atoms with Gasteiger partial charge in [0.2, 0.25) is 5.28 Å². The number of carbonyl (C=O) groups excluding carboxylic acids is 1. The molecule has 4 nitrogen and oxygen atoms in total. The van der Waals surface area contributed by atoms with Crippen molar-refractivity contribution in [1.29, 1.82) is 0 Å². The highest BCUT2D eigenvalue weighted by molar-refractivity contribution is 6.32. The van der Waals surface area contributed by atoms with E-state index < -0.39 is 23.2 Å². The van der Waals surface area contributed by atoms with Crippen molar-refractivity contribution in [3.05, 3.63) is 51.9 Å². The lowest BCUT2D eigenvalue weighted by atomic mass is 10.1. The van der Waals surface area contributed by atoms with Gasteiger partial charge < -0.3 is 5.32 Å². The molecule has 2 rings (SSSR count). The maximum atomic E-state index is 12.8. The number of anilines is 1. The fraction of sp³-hybridized carbons (Fsp3) is 0.0833. The smallest absolute Gasteiger partial charge is 0.306 e. The first-order chi connectivity index (χ1) is 9.77. The number of benzene rings is 1. The van der Waals surface area contributed by atoms with Crippen LogP contribution in [0.3, 0.4) is 0 Å².